The molecular weight excluding hydrogens is 611 g/mol. The minimum atomic E-state index is -0.399. The molecular formula is C36H52Cl2N2O5. The summed E-state index contributed by atoms with van der Waals surface area (Å²) in [6, 6.07) is 5.02. The fraction of sp³-hybridized carbons (Fsp3) is 0.778. The van der Waals surface area contributed by atoms with Gasteiger partial charge in [-0.25, -0.2) is 4.79 Å². The molecule has 1 heterocycles. The number of nitrogens with zero attached hydrogens (tertiary/aromatic N) is 1. The standard InChI is InChI=1S/C36H52Cl2N2O5/c1-21(4-7-32(43)39-26-10-13-40(19-26)34(44)45-20-22-14-24(37)18-25(38)15-22)28-5-6-29-33-30(9-12-36(28,29)3)35(2)11-8-27(41)16-23(35)17-31(33)42/h14-15,18,21,23,26-31,33,41-42H,4-13,16-17,19-20H2,1-3H3,(H,39,43)/t21-,23+,26+,27-,28-,29+,30+,31+,33+,35+,36-/m1/s1. The number of ether oxygens (including phenoxy) is 1. The molecule has 0 aromatic heterocycles. The maximum Gasteiger partial charge on any atom is 0.410 e. The lowest BCUT2D eigenvalue weighted by Gasteiger charge is -2.62. The van der Waals surface area contributed by atoms with Gasteiger partial charge in [0.1, 0.15) is 6.61 Å². The highest BCUT2D eigenvalue weighted by Gasteiger charge is 2.62. The van der Waals surface area contributed by atoms with Crippen LogP contribution in [0.1, 0.15) is 97.0 Å². The van der Waals surface area contributed by atoms with Crippen molar-refractivity contribution >= 4 is 35.2 Å². The highest BCUT2D eigenvalue weighted by molar-refractivity contribution is 6.34. The Kier molecular flexibility index (Phi) is 9.76. The minimum Gasteiger partial charge on any atom is -0.445 e. The second kappa shape index (κ2) is 13.2. The predicted octanol–water partition coefficient (Wildman–Crippen LogP) is 7.23. The van der Waals surface area contributed by atoms with E-state index in [9.17, 15) is 19.8 Å². The Labute approximate surface area is 278 Å². The van der Waals surface area contributed by atoms with Gasteiger partial charge in [-0.2, -0.15) is 0 Å². The van der Waals surface area contributed by atoms with Gasteiger partial charge in [-0.3, -0.25) is 4.79 Å². The summed E-state index contributed by atoms with van der Waals surface area (Å²) >= 11 is 12.1. The lowest BCUT2D eigenvalue weighted by molar-refractivity contribution is -0.174. The number of likely N-dealkylation sites (tertiary alicyclic amines) is 1. The number of hydrogen-bond acceptors (Lipinski definition) is 5. The average molecular weight is 664 g/mol. The molecule has 250 valence electrons. The van der Waals surface area contributed by atoms with Crippen molar-refractivity contribution in [3.63, 3.8) is 0 Å². The van der Waals surface area contributed by atoms with Crippen molar-refractivity contribution in [2.75, 3.05) is 13.1 Å². The molecule has 4 aliphatic carbocycles. The smallest absolute Gasteiger partial charge is 0.410 e. The van der Waals surface area contributed by atoms with Crippen LogP contribution in [-0.4, -0.2) is 58.5 Å². The number of fused-ring (bicyclic) bond motifs is 5. The maximum atomic E-state index is 13.0. The number of hydrogen-bond donors (Lipinski definition) is 3. The van der Waals surface area contributed by atoms with Crippen LogP contribution in [0.15, 0.2) is 18.2 Å². The van der Waals surface area contributed by atoms with Gasteiger partial charge >= 0.3 is 6.09 Å². The third kappa shape index (κ3) is 6.62. The zero-order valence-corrected chi connectivity index (χ0v) is 28.7. The van der Waals surface area contributed by atoms with Gasteiger partial charge < -0.3 is 25.2 Å². The summed E-state index contributed by atoms with van der Waals surface area (Å²) in [6.07, 6.45) is 9.61. The van der Waals surface area contributed by atoms with E-state index in [2.05, 4.69) is 26.1 Å². The number of aliphatic hydroxyl groups is 2. The molecule has 1 aliphatic heterocycles. The first-order valence-electron chi connectivity index (χ1n) is 17.4. The summed E-state index contributed by atoms with van der Waals surface area (Å²) < 4.78 is 5.47. The maximum absolute atomic E-state index is 13.0. The predicted molar refractivity (Wildman–Crippen MR) is 176 cm³/mol. The van der Waals surface area contributed by atoms with Crippen LogP contribution in [0.2, 0.25) is 10.0 Å². The molecule has 0 radical (unpaired) electrons. The Morgan fingerprint density at radius 1 is 1.00 bits per heavy atom. The third-order valence-electron chi connectivity index (χ3n) is 13.3. The number of amides is 2. The van der Waals surface area contributed by atoms with Crippen LogP contribution in [-0.2, 0) is 16.1 Å². The topological polar surface area (TPSA) is 99.1 Å². The number of nitrogens with one attached hydrogen (secondary N) is 1. The largest absolute Gasteiger partial charge is 0.445 e. The monoisotopic (exact) mass is 662 g/mol. The van der Waals surface area contributed by atoms with Crippen molar-refractivity contribution in [1.82, 2.24) is 10.2 Å². The summed E-state index contributed by atoms with van der Waals surface area (Å²) in [4.78, 5) is 27.3. The zero-order valence-electron chi connectivity index (χ0n) is 27.2. The van der Waals surface area contributed by atoms with Gasteiger partial charge in [0.2, 0.25) is 5.91 Å². The second-order valence-electron chi connectivity index (χ2n) is 15.8. The average Bonchev–Trinajstić information content (AvgIpc) is 3.59. The molecule has 0 bridgehead atoms. The van der Waals surface area contributed by atoms with Crippen molar-refractivity contribution in [1.29, 1.82) is 0 Å². The molecule has 11 atom stereocenters. The minimum absolute atomic E-state index is 0.0557. The first kappa shape index (κ1) is 33.4. The molecule has 9 heteroatoms. The molecule has 45 heavy (non-hydrogen) atoms. The van der Waals surface area contributed by atoms with Gasteiger partial charge in [0.15, 0.2) is 0 Å². The number of aliphatic hydroxyl groups excluding tert-OH is 2. The van der Waals surface area contributed by atoms with Crippen LogP contribution in [0.4, 0.5) is 4.79 Å². The molecule has 5 fully saturated rings. The molecule has 1 aromatic carbocycles. The lowest BCUT2D eigenvalue weighted by atomic mass is 9.43. The Morgan fingerprint density at radius 3 is 2.47 bits per heavy atom. The van der Waals surface area contributed by atoms with Crippen LogP contribution >= 0.6 is 23.2 Å². The molecule has 4 saturated carbocycles. The fourth-order valence-electron chi connectivity index (χ4n) is 11.0. The number of rotatable bonds is 7. The summed E-state index contributed by atoms with van der Waals surface area (Å²) in [6.45, 7) is 8.37. The zero-order chi connectivity index (χ0) is 32.1. The number of benzene rings is 1. The van der Waals surface area contributed by atoms with Gasteiger partial charge in [0.05, 0.1) is 12.2 Å². The summed E-state index contributed by atoms with van der Waals surface area (Å²) in [5.74, 6) is 2.94. The number of carbonyl (C=O) groups is 2. The van der Waals surface area contributed by atoms with Crippen molar-refractivity contribution < 1.29 is 24.5 Å². The molecule has 5 aliphatic rings. The first-order chi connectivity index (χ1) is 21.4. The van der Waals surface area contributed by atoms with Crippen LogP contribution in [0.25, 0.3) is 0 Å². The molecule has 3 N–H and O–H groups in total. The van der Waals surface area contributed by atoms with E-state index in [4.69, 9.17) is 27.9 Å². The van der Waals surface area contributed by atoms with E-state index in [0.717, 1.165) is 37.7 Å². The Hall–Kier alpha value is -1.54. The summed E-state index contributed by atoms with van der Waals surface area (Å²) in [5.41, 5.74) is 1.18. The third-order valence-corrected chi connectivity index (χ3v) is 13.8. The van der Waals surface area contributed by atoms with Gasteiger partial charge in [0, 0.05) is 35.6 Å². The summed E-state index contributed by atoms with van der Waals surface area (Å²) in [7, 11) is 0. The molecule has 0 unspecified atom stereocenters. The van der Waals surface area contributed by atoms with Crippen LogP contribution in [0.3, 0.4) is 0 Å². The SMILES string of the molecule is C[C@H](CCC(=O)N[C@H]1CCN(C(=O)OCc2cc(Cl)cc(Cl)c2)C1)[C@H]1CC[C@H]2[C@@H]3[C@@H](O)C[C@@H]4C[C@H](O)CC[C@]4(C)[C@H]3CC[C@]12C. The van der Waals surface area contributed by atoms with Crippen molar-refractivity contribution in [3.8, 4) is 0 Å². The van der Waals surface area contributed by atoms with Crippen molar-refractivity contribution in [2.24, 2.45) is 46.3 Å². The van der Waals surface area contributed by atoms with E-state index < -0.39 is 6.09 Å². The van der Waals surface area contributed by atoms with Crippen molar-refractivity contribution in [3.05, 3.63) is 33.8 Å². The van der Waals surface area contributed by atoms with Gasteiger partial charge in [-0.05, 0) is 134 Å². The fourth-order valence-corrected chi connectivity index (χ4v) is 11.6. The van der Waals surface area contributed by atoms with E-state index >= 15 is 0 Å². The molecule has 1 saturated heterocycles. The van der Waals surface area contributed by atoms with Gasteiger partial charge in [-0.15, -0.1) is 0 Å². The van der Waals surface area contributed by atoms with Crippen LogP contribution in [0, 0.1) is 46.3 Å². The molecule has 1 aromatic rings. The normalized spacial score (nSPS) is 39.8. The number of carbonyl (C=O) groups excluding carboxylic acids is 2. The van der Waals surface area contributed by atoms with Crippen LogP contribution < -0.4 is 5.32 Å². The van der Waals surface area contributed by atoms with E-state index in [1.165, 1.54) is 25.7 Å². The second-order valence-corrected chi connectivity index (χ2v) is 16.7. The van der Waals surface area contributed by atoms with Crippen molar-refractivity contribution in [2.45, 2.75) is 116 Å². The van der Waals surface area contributed by atoms with Crippen LogP contribution in [0.5, 0.6) is 0 Å². The van der Waals surface area contributed by atoms with E-state index in [-0.39, 0.29) is 41.6 Å². The van der Waals surface area contributed by atoms with Gasteiger partial charge in [0.25, 0.3) is 0 Å². The first-order valence-corrected chi connectivity index (χ1v) is 18.1. The number of halogens is 2. The van der Waals surface area contributed by atoms with E-state index in [1.54, 1.807) is 23.1 Å². The highest BCUT2D eigenvalue weighted by Crippen LogP contribution is 2.68. The molecule has 2 amide bonds. The molecule has 0 spiro atoms. The summed E-state index contributed by atoms with van der Waals surface area (Å²) in [5, 5.41) is 26.1. The Bertz CT molecular complexity index is 1240. The highest BCUT2D eigenvalue weighted by atomic mass is 35.5. The Morgan fingerprint density at radius 2 is 1.71 bits per heavy atom. The van der Waals surface area contributed by atoms with Gasteiger partial charge in [-0.1, -0.05) is 44.0 Å². The Balaban J connectivity index is 0.975. The molecule has 7 nitrogen and oxygen atoms in total. The quantitative estimate of drug-likeness (QED) is 0.286. The lowest BCUT2D eigenvalue weighted by Crippen LogP contribution is -2.58. The van der Waals surface area contributed by atoms with E-state index in [1.807, 2.05) is 0 Å². The van der Waals surface area contributed by atoms with E-state index in [0.29, 0.717) is 71.5 Å². The molecule has 6 rings (SSSR count).